The van der Waals surface area contributed by atoms with Crippen LogP contribution in [0.4, 0.5) is 10.6 Å². The third-order valence-electron chi connectivity index (χ3n) is 7.59. The highest BCUT2D eigenvalue weighted by Gasteiger charge is 2.62. The molecule has 0 saturated carbocycles. The van der Waals surface area contributed by atoms with Gasteiger partial charge in [-0.3, -0.25) is 14.1 Å². The Hall–Kier alpha value is -4.75. The molecule has 1 aliphatic heterocycles. The molecule has 4 rings (SSSR count). The molecule has 3 heterocycles. The molecule has 5 atom stereocenters. The second-order valence-electron chi connectivity index (χ2n) is 12.7. The number of esters is 2. The summed E-state index contributed by atoms with van der Waals surface area (Å²) in [6.07, 6.45) is -5.10. The van der Waals surface area contributed by atoms with Gasteiger partial charge in [-0.25, -0.2) is 23.4 Å². The SMILES string of the molecule is CCC(=O)O[C@H]1[C@@H](OC(=O)CC)[C@](C#N)(c2ccc3c(N)ncnn23)O[C@@H]1CO[P@@](=O)(OCOC(=O)OC(C)C)Oc1ccc(C(C)(C)C)cc1. The Kier molecular flexibility index (Phi) is 12.3. The van der Waals surface area contributed by atoms with Gasteiger partial charge in [-0.15, -0.1) is 0 Å². The summed E-state index contributed by atoms with van der Waals surface area (Å²) in [5.74, 6) is -1.30. The van der Waals surface area contributed by atoms with Gasteiger partial charge < -0.3 is 33.9 Å². The molecule has 1 fully saturated rings. The summed E-state index contributed by atoms with van der Waals surface area (Å²) in [5.41, 5.74) is 5.00. The highest BCUT2D eigenvalue weighted by atomic mass is 31.2. The fraction of sp³-hybridized carbons (Fsp3) is 0.515. The molecule has 1 aromatic carbocycles. The summed E-state index contributed by atoms with van der Waals surface area (Å²) in [6.45, 7) is 10.7. The van der Waals surface area contributed by atoms with E-state index in [9.17, 15) is 24.2 Å². The van der Waals surface area contributed by atoms with E-state index in [1.165, 1.54) is 16.6 Å². The summed E-state index contributed by atoms with van der Waals surface area (Å²) in [7, 11) is -4.70. The topological polar surface area (TPSA) is 222 Å². The van der Waals surface area contributed by atoms with E-state index in [1.54, 1.807) is 52.0 Å². The number of phosphoric acid groups is 1. The number of carbonyl (C=O) groups is 3. The molecule has 0 spiro atoms. The zero-order valence-corrected chi connectivity index (χ0v) is 30.3. The third kappa shape index (κ3) is 9.14. The Morgan fingerprint density at radius 3 is 2.33 bits per heavy atom. The number of benzene rings is 1. The van der Waals surface area contributed by atoms with Crippen LogP contribution in [0.2, 0.25) is 0 Å². The highest BCUT2D eigenvalue weighted by Crippen LogP contribution is 2.51. The molecule has 18 heteroatoms. The Morgan fingerprint density at radius 2 is 1.73 bits per heavy atom. The first kappa shape index (κ1) is 39.0. The fourth-order valence-electron chi connectivity index (χ4n) is 5.03. The second-order valence-corrected chi connectivity index (χ2v) is 14.2. The lowest BCUT2D eigenvalue weighted by Gasteiger charge is -2.28. The van der Waals surface area contributed by atoms with Crippen molar-refractivity contribution in [3.05, 3.63) is 54.0 Å². The van der Waals surface area contributed by atoms with E-state index in [0.29, 0.717) is 5.52 Å². The quantitative estimate of drug-likeness (QED) is 0.0984. The molecule has 0 aliphatic carbocycles. The Balaban J connectivity index is 1.72. The van der Waals surface area contributed by atoms with Gasteiger partial charge in [-0.2, -0.15) is 10.4 Å². The summed E-state index contributed by atoms with van der Waals surface area (Å²) in [4.78, 5) is 41.5. The van der Waals surface area contributed by atoms with E-state index >= 15 is 0 Å². The van der Waals surface area contributed by atoms with Gasteiger partial charge in [0.05, 0.1) is 18.4 Å². The number of ether oxygens (including phenoxy) is 5. The second kappa shape index (κ2) is 16.1. The Labute approximate surface area is 294 Å². The lowest BCUT2D eigenvalue weighted by atomic mass is 9.87. The van der Waals surface area contributed by atoms with Crippen LogP contribution in [-0.4, -0.2) is 70.5 Å². The van der Waals surface area contributed by atoms with Crippen molar-refractivity contribution >= 4 is 37.3 Å². The third-order valence-corrected chi connectivity index (χ3v) is 8.91. The molecule has 2 N–H and O–H groups in total. The van der Waals surface area contributed by atoms with E-state index in [0.717, 1.165) is 11.9 Å². The van der Waals surface area contributed by atoms with Crippen LogP contribution >= 0.6 is 7.82 Å². The summed E-state index contributed by atoms with van der Waals surface area (Å²) in [6, 6.07) is 11.7. The first-order valence-corrected chi connectivity index (χ1v) is 17.6. The molecule has 2 aromatic heterocycles. The van der Waals surface area contributed by atoms with Gasteiger partial charge in [-0.1, -0.05) is 46.8 Å². The van der Waals surface area contributed by atoms with E-state index in [2.05, 4.69) is 16.2 Å². The van der Waals surface area contributed by atoms with Crippen LogP contribution in [0.5, 0.6) is 5.75 Å². The molecule has 17 nitrogen and oxygen atoms in total. The zero-order valence-electron chi connectivity index (χ0n) is 29.4. The predicted molar refractivity (Wildman–Crippen MR) is 178 cm³/mol. The van der Waals surface area contributed by atoms with Crippen molar-refractivity contribution in [3.63, 3.8) is 0 Å². The summed E-state index contributed by atoms with van der Waals surface area (Å²) >= 11 is 0. The number of nitrogens with two attached hydrogens (primary N) is 1. The molecule has 0 amide bonds. The number of phosphoric ester groups is 1. The largest absolute Gasteiger partial charge is 0.533 e. The van der Waals surface area contributed by atoms with Gasteiger partial charge in [0.15, 0.2) is 18.0 Å². The molecule has 0 bridgehead atoms. The maximum absolute atomic E-state index is 14.1. The van der Waals surface area contributed by atoms with Gasteiger partial charge in [0, 0.05) is 12.8 Å². The molecule has 3 aromatic rings. The van der Waals surface area contributed by atoms with E-state index in [1.807, 2.05) is 20.8 Å². The van der Waals surface area contributed by atoms with Gasteiger partial charge in [0.25, 0.3) is 0 Å². The molecule has 276 valence electrons. The number of fused-ring (bicyclic) bond motifs is 1. The van der Waals surface area contributed by atoms with Crippen molar-refractivity contribution < 1.29 is 56.2 Å². The maximum atomic E-state index is 14.1. The van der Waals surface area contributed by atoms with E-state index < -0.39 is 69.3 Å². The lowest BCUT2D eigenvalue weighted by Crippen LogP contribution is -2.46. The van der Waals surface area contributed by atoms with Crippen LogP contribution in [0, 0.1) is 11.3 Å². The minimum atomic E-state index is -4.70. The number of nitrogen functional groups attached to an aromatic ring is 1. The standard InChI is InChI=1S/C33H42N5O12P/c1-8-26(39)47-28-24(49-33(17-34,29(28)48-27(40)9-2)25-15-14-23-30(35)36-18-37-38(23)25)16-44-51(42,45-19-43-31(41)46-20(3)4)50-22-12-10-21(11-13-22)32(5,6)7/h10-15,18,20,24,28-29H,8-9,16,19H2,1-7H3,(H2,35,36,37)/t24-,28-,29-,33+,51+/m1/s1. The van der Waals surface area contributed by atoms with Crippen molar-refractivity contribution in [2.75, 3.05) is 19.1 Å². The van der Waals surface area contributed by atoms with Gasteiger partial charge in [0.2, 0.25) is 12.4 Å². The fourth-order valence-corrected chi connectivity index (χ4v) is 6.10. The minimum absolute atomic E-state index is 0.0646. The first-order valence-electron chi connectivity index (χ1n) is 16.1. The van der Waals surface area contributed by atoms with Crippen LogP contribution in [-0.2, 0) is 57.9 Å². The molecule has 0 radical (unpaired) electrons. The molecule has 1 saturated heterocycles. The smallest absolute Gasteiger partial charge is 0.455 e. The van der Waals surface area contributed by atoms with Crippen molar-refractivity contribution in [2.45, 2.75) is 96.7 Å². The number of nitrogens with zero attached hydrogens (tertiary/aromatic N) is 4. The van der Waals surface area contributed by atoms with Gasteiger partial charge in [0.1, 0.15) is 29.8 Å². The zero-order chi connectivity index (χ0) is 37.6. The molecular weight excluding hydrogens is 689 g/mol. The Morgan fingerprint density at radius 1 is 1.06 bits per heavy atom. The number of nitriles is 1. The van der Waals surface area contributed by atoms with Crippen molar-refractivity contribution in [2.24, 2.45) is 0 Å². The minimum Gasteiger partial charge on any atom is -0.455 e. The van der Waals surface area contributed by atoms with Crippen molar-refractivity contribution in [1.82, 2.24) is 14.6 Å². The van der Waals surface area contributed by atoms with Gasteiger partial charge in [-0.05, 0) is 49.1 Å². The molecule has 51 heavy (non-hydrogen) atoms. The summed E-state index contributed by atoms with van der Waals surface area (Å²) < 4.78 is 59.7. The number of rotatable bonds is 14. The monoisotopic (exact) mass is 731 g/mol. The average molecular weight is 732 g/mol. The molecular formula is C33H42N5O12P. The first-order chi connectivity index (χ1) is 24.1. The number of anilines is 1. The molecule has 0 unspecified atom stereocenters. The number of hydrogen-bond acceptors (Lipinski definition) is 16. The van der Waals surface area contributed by atoms with E-state index in [4.69, 9.17) is 43.0 Å². The number of hydrogen-bond donors (Lipinski definition) is 1. The van der Waals surface area contributed by atoms with Crippen LogP contribution in [0.3, 0.4) is 0 Å². The lowest BCUT2D eigenvalue weighted by molar-refractivity contribution is -0.169. The predicted octanol–water partition coefficient (Wildman–Crippen LogP) is 5.11. The van der Waals surface area contributed by atoms with Crippen molar-refractivity contribution in [1.29, 1.82) is 5.26 Å². The number of aromatic nitrogens is 3. The Bertz CT molecular complexity index is 1800. The van der Waals surface area contributed by atoms with Crippen LogP contribution in [0.15, 0.2) is 42.7 Å². The van der Waals surface area contributed by atoms with E-state index in [-0.39, 0.29) is 35.5 Å². The number of carbonyl (C=O) groups excluding carboxylic acids is 3. The van der Waals surface area contributed by atoms with Crippen LogP contribution in [0.25, 0.3) is 5.52 Å². The summed E-state index contributed by atoms with van der Waals surface area (Å²) in [5, 5.41) is 14.9. The highest BCUT2D eigenvalue weighted by molar-refractivity contribution is 7.48. The van der Waals surface area contributed by atoms with Crippen LogP contribution < -0.4 is 10.3 Å². The van der Waals surface area contributed by atoms with Crippen molar-refractivity contribution in [3.8, 4) is 11.8 Å². The maximum Gasteiger partial charge on any atom is 0.533 e. The normalized spacial score (nSPS) is 21.4. The molecule has 1 aliphatic rings. The average Bonchev–Trinajstić information content (AvgIpc) is 3.64. The van der Waals surface area contributed by atoms with Gasteiger partial charge >= 0.3 is 25.9 Å². The van der Waals surface area contributed by atoms with Crippen LogP contribution in [0.1, 0.15) is 72.6 Å².